The molecule has 2 aliphatic carbocycles. The Morgan fingerprint density at radius 1 is 0.913 bits per heavy atom. The molecule has 0 amide bonds. The average Bonchev–Trinajstić information content (AvgIpc) is 2.87. The number of hydrogen-bond donors (Lipinski definition) is 2. The zero-order valence-corrected chi connectivity index (χ0v) is 14.9. The predicted molar refractivity (Wildman–Crippen MR) is 99.8 cm³/mol. The maximum absolute atomic E-state index is 3.74. The van der Waals surface area contributed by atoms with E-state index in [2.05, 4.69) is 48.7 Å². The number of fused-ring (bicyclic) bond motifs is 2. The zero-order chi connectivity index (χ0) is 16.1. The summed E-state index contributed by atoms with van der Waals surface area (Å²) in [6.45, 7) is 8.88. The third kappa shape index (κ3) is 3.12. The highest BCUT2D eigenvalue weighted by Crippen LogP contribution is 2.51. The van der Waals surface area contributed by atoms with Crippen molar-refractivity contribution in [2.24, 2.45) is 0 Å². The summed E-state index contributed by atoms with van der Waals surface area (Å²) in [7, 11) is 0. The molecule has 0 radical (unpaired) electrons. The van der Waals surface area contributed by atoms with Gasteiger partial charge in [0.05, 0.1) is 0 Å². The first-order valence-electron chi connectivity index (χ1n) is 9.57. The van der Waals surface area contributed by atoms with E-state index in [4.69, 9.17) is 0 Å². The van der Waals surface area contributed by atoms with Gasteiger partial charge in [-0.15, -0.1) is 0 Å². The van der Waals surface area contributed by atoms with Crippen LogP contribution in [0.5, 0.6) is 0 Å². The van der Waals surface area contributed by atoms with Crippen LogP contribution in [0.2, 0.25) is 0 Å². The second-order valence-electron chi connectivity index (χ2n) is 7.15. The van der Waals surface area contributed by atoms with Crippen LogP contribution in [0.15, 0.2) is 29.8 Å². The Bertz CT molecular complexity index is 549. The first-order valence-corrected chi connectivity index (χ1v) is 9.57. The molecule has 0 unspecified atom stereocenters. The van der Waals surface area contributed by atoms with Crippen molar-refractivity contribution in [1.82, 2.24) is 10.6 Å². The summed E-state index contributed by atoms with van der Waals surface area (Å²) in [6.07, 6.45) is 7.67. The molecule has 3 rings (SSSR count). The Kier molecular flexibility index (Phi) is 5.55. The van der Waals surface area contributed by atoms with E-state index in [0.717, 1.165) is 26.2 Å². The van der Waals surface area contributed by atoms with Crippen LogP contribution in [-0.2, 0) is 5.41 Å². The predicted octanol–water partition coefficient (Wildman–Crippen LogP) is 4.26. The SMILES string of the molecule is CCCNCC1(CNCCC)C2=C(CCCC2)c2ccccc21. The van der Waals surface area contributed by atoms with Crippen LogP contribution in [0.4, 0.5) is 0 Å². The fourth-order valence-corrected chi connectivity index (χ4v) is 4.48. The molecule has 0 atom stereocenters. The molecule has 0 aliphatic heterocycles. The second kappa shape index (κ2) is 7.63. The molecule has 0 saturated carbocycles. The van der Waals surface area contributed by atoms with Crippen LogP contribution in [-0.4, -0.2) is 26.2 Å². The fraction of sp³-hybridized carbons (Fsp3) is 0.619. The first-order chi connectivity index (χ1) is 11.3. The highest BCUT2D eigenvalue weighted by atomic mass is 14.9. The lowest BCUT2D eigenvalue weighted by Crippen LogP contribution is -2.47. The summed E-state index contributed by atoms with van der Waals surface area (Å²) < 4.78 is 0. The molecule has 2 aliphatic rings. The first kappa shape index (κ1) is 16.7. The molecule has 126 valence electrons. The van der Waals surface area contributed by atoms with Gasteiger partial charge in [0.1, 0.15) is 0 Å². The molecule has 2 N–H and O–H groups in total. The third-order valence-electron chi connectivity index (χ3n) is 5.52. The summed E-state index contributed by atoms with van der Waals surface area (Å²) in [5.41, 5.74) is 6.69. The minimum absolute atomic E-state index is 0.177. The number of allylic oxidation sites excluding steroid dienone is 1. The Morgan fingerprint density at radius 3 is 2.26 bits per heavy atom. The Hall–Kier alpha value is -1.12. The van der Waals surface area contributed by atoms with E-state index in [1.807, 2.05) is 0 Å². The summed E-state index contributed by atoms with van der Waals surface area (Å²) in [6, 6.07) is 9.19. The van der Waals surface area contributed by atoms with E-state index >= 15 is 0 Å². The van der Waals surface area contributed by atoms with E-state index in [0.29, 0.717) is 0 Å². The van der Waals surface area contributed by atoms with Crippen molar-refractivity contribution in [2.75, 3.05) is 26.2 Å². The van der Waals surface area contributed by atoms with Gasteiger partial charge in [0.15, 0.2) is 0 Å². The molecule has 1 aromatic rings. The summed E-state index contributed by atoms with van der Waals surface area (Å²) in [5, 5.41) is 7.49. The number of benzene rings is 1. The van der Waals surface area contributed by atoms with Crippen molar-refractivity contribution in [1.29, 1.82) is 0 Å². The molecule has 0 fully saturated rings. The molecule has 2 nitrogen and oxygen atoms in total. The Morgan fingerprint density at radius 2 is 1.57 bits per heavy atom. The van der Waals surface area contributed by atoms with Gasteiger partial charge in [-0.3, -0.25) is 0 Å². The highest BCUT2D eigenvalue weighted by molar-refractivity contribution is 5.81. The zero-order valence-electron chi connectivity index (χ0n) is 14.9. The van der Waals surface area contributed by atoms with Gasteiger partial charge in [-0.05, 0) is 68.3 Å². The van der Waals surface area contributed by atoms with E-state index < -0.39 is 0 Å². The van der Waals surface area contributed by atoms with Gasteiger partial charge in [-0.1, -0.05) is 43.7 Å². The smallest absolute Gasteiger partial charge is 0.0422 e. The van der Waals surface area contributed by atoms with Crippen molar-refractivity contribution >= 4 is 5.57 Å². The van der Waals surface area contributed by atoms with E-state index in [1.54, 1.807) is 22.3 Å². The van der Waals surface area contributed by atoms with E-state index in [1.165, 1.54) is 38.5 Å². The molecule has 23 heavy (non-hydrogen) atoms. The summed E-state index contributed by atoms with van der Waals surface area (Å²) >= 11 is 0. The van der Waals surface area contributed by atoms with Gasteiger partial charge < -0.3 is 10.6 Å². The summed E-state index contributed by atoms with van der Waals surface area (Å²) in [5.74, 6) is 0. The molecule has 1 aromatic carbocycles. The minimum atomic E-state index is 0.177. The molecule has 0 aromatic heterocycles. The van der Waals surface area contributed by atoms with Gasteiger partial charge in [0, 0.05) is 18.5 Å². The average molecular weight is 313 g/mol. The molecule has 0 spiro atoms. The van der Waals surface area contributed by atoms with Gasteiger partial charge in [-0.25, -0.2) is 0 Å². The lowest BCUT2D eigenvalue weighted by molar-refractivity contribution is 0.413. The fourth-order valence-electron chi connectivity index (χ4n) is 4.48. The maximum atomic E-state index is 3.74. The van der Waals surface area contributed by atoms with Crippen molar-refractivity contribution in [3.05, 3.63) is 41.0 Å². The number of nitrogens with one attached hydrogen (secondary N) is 2. The van der Waals surface area contributed by atoms with Gasteiger partial charge in [0.2, 0.25) is 0 Å². The monoisotopic (exact) mass is 312 g/mol. The van der Waals surface area contributed by atoms with Crippen molar-refractivity contribution in [2.45, 2.75) is 57.8 Å². The van der Waals surface area contributed by atoms with Crippen molar-refractivity contribution in [3.63, 3.8) is 0 Å². The number of rotatable bonds is 8. The number of hydrogen-bond acceptors (Lipinski definition) is 2. The highest BCUT2D eigenvalue weighted by Gasteiger charge is 2.44. The van der Waals surface area contributed by atoms with Gasteiger partial charge in [-0.2, -0.15) is 0 Å². The Labute approximate surface area is 141 Å². The largest absolute Gasteiger partial charge is 0.315 e. The molecule has 0 bridgehead atoms. The Balaban J connectivity index is 1.98. The van der Waals surface area contributed by atoms with Gasteiger partial charge in [0.25, 0.3) is 0 Å². The van der Waals surface area contributed by atoms with E-state index in [9.17, 15) is 0 Å². The third-order valence-corrected chi connectivity index (χ3v) is 5.52. The van der Waals surface area contributed by atoms with Crippen LogP contribution in [0.1, 0.15) is 63.5 Å². The standard InChI is InChI=1S/C21H32N2/c1-3-13-22-15-21(16-23-14-4-2)19-11-7-5-9-17(19)18-10-6-8-12-20(18)21/h5,7,9,11,22-23H,3-4,6,8,10,12-16H2,1-2H3. The lowest BCUT2D eigenvalue weighted by Gasteiger charge is -2.36. The molecular formula is C21H32N2. The van der Waals surface area contributed by atoms with E-state index in [-0.39, 0.29) is 5.41 Å². The minimum Gasteiger partial charge on any atom is -0.315 e. The topological polar surface area (TPSA) is 24.1 Å². The quantitative estimate of drug-likeness (QED) is 0.701. The molecular weight excluding hydrogens is 280 g/mol. The van der Waals surface area contributed by atoms with Crippen LogP contribution < -0.4 is 10.6 Å². The molecule has 0 saturated heterocycles. The summed E-state index contributed by atoms with van der Waals surface area (Å²) in [4.78, 5) is 0. The van der Waals surface area contributed by atoms with Crippen LogP contribution >= 0.6 is 0 Å². The van der Waals surface area contributed by atoms with Crippen molar-refractivity contribution < 1.29 is 0 Å². The normalized spacial score (nSPS) is 18.9. The maximum Gasteiger partial charge on any atom is 0.0422 e. The second-order valence-corrected chi connectivity index (χ2v) is 7.15. The van der Waals surface area contributed by atoms with Crippen LogP contribution in [0, 0.1) is 0 Å². The lowest BCUT2D eigenvalue weighted by atomic mass is 9.73. The molecule has 2 heteroatoms. The van der Waals surface area contributed by atoms with Crippen LogP contribution in [0.25, 0.3) is 5.57 Å². The van der Waals surface area contributed by atoms with Gasteiger partial charge >= 0.3 is 0 Å². The molecule has 0 heterocycles. The van der Waals surface area contributed by atoms with Crippen molar-refractivity contribution in [3.8, 4) is 0 Å². The van der Waals surface area contributed by atoms with Crippen LogP contribution in [0.3, 0.4) is 0 Å².